The van der Waals surface area contributed by atoms with Gasteiger partial charge in [-0.05, 0) is 6.92 Å². The number of nitrogens with one attached hydrogen (secondary N) is 3. The first-order valence-corrected chi connectivity index (χ1v) is 5.25. The molecule has 100 valence electrons. The third-order valence-corrected chi connectivity index (χ3v) is 1.88. The van der Waals surface area contributed by atoms with Crippen LogP contribution in [0.1, 0.15) is 6.92 Å². The van der Waals surface area contributed by atoms with Gasteiger partial charge in [-0.15, -0.1) is 0 Å². The minimum absolute atomic E-state index is 0.263. The molecule has 0 fully saturated rings. The van der Waals surface area contributed by atoms with E-state index in [2.05, 4.69) is 16.0 Å². The summed E-state index contributed by atoms with van der Waals surface area (Å²) in [4.78, 5) is 33.8. The molecule has 0 spiro atoms. The topological polar surface area (TPSA) is 120 Å². The maximum Gasteiger partial charge on any atom is 0.310 e. The Hall–Kier alpha value is -2.14. The van der Waals surface area contributed by atoms with E-state index >= 15 is 0 Å². The molecule has 0 aliphatic rings. The molecule has 0 aromatic rings. The molecule has 1 unspecified atom stereocenters. The van der Waals surface area contributed by atoms with Crippen molar-refractivity contribution in [3.8, 4) is 6.07 Å². The van der Waals surface area contributed by atoms with Gasteiger partial charge in [-0.2, -0.15) is 5.26 Å². The third kappa shape index (κ3) is 6.44. The van der Waals surface area contributed by atoms with Crippen LogP contribution in [0.25, 0.3) is 0 Å². The Kier molecular flexibility index (Phi) is 7.89. The van der Waals surface area contributed by atoms with Gasteiger partial charge >= 0.3 is 11.8 Å². The highest BCUT2D eigenvalue weighted by Gasteiger charge is 2.19. The molecule has 0 aromatic heterocycles. The summed E-state index contributed by atoms with van der Waals surface area (Å²) in [5, 5.41) is 15.0. The standard InChI is InChI=1S/C10H16N4O4/c1-7(8(15)13-5-6-18-2)14-10(17)9(16)12-4-3-11/h7H,4-6H2,1-2H3,(H,12,16)(H,13,15)(H,14,17). The number of carbonyl (C=O) groups is 3. The molecule has 1 atom stereocenters. The number of nitriles is 1. The minimum Gasteiger partial charge on any atom is -0.383 e. The lowest BCUT2D eigenvalue weighted by Gasteiger charge is -2.13. The predicted octanol–water partition coefficient (Wildman–Crippen LogP) is -2.11. The maximum atomic E-state index is 11.4. The molecule has 0 heterocycles. The SMILES string of the molecule is COCCNC(=O)C(C)NC(=O)C(=O)NCC#N. The van der Waals surface area contributed by atoms with E-state index in [4.69, 9.17) is 10.00 Å². The summed E-state index contributed by atoms with van der Waals surface area (Å²) in [6.45, 7) is 1.85. The average Bonchev–Trinajstić information content (AvgIpc) is 2.35. The highest BCUT2D eigenvalue weighted by molar-refractivity contribution is 6.35. The Morgan fingerprint density at radius 3 is 2.50 bits per heavy atom. The number of nitrogens with zero attached hydrogens (tertiary/aromatic N) is 1. The fourth-order valence-corrected chi connectivity index (χ4v) is 0.957. The van der Waals surface area contributed by atoms with E-state index in [9.17, 15) is 14.4 Å². The molecule has 0 bridgehead atoms. The molecular weight excluding hydrogens is 240 g/mol. The number of ether oxygens (including phenoxy) is 1. The molecular formula is C10H16N4O4. The maximum absolute atomic E-state index is 11.4. The zero-order chi connectivity index (χ0) is 14.0. The van der Waals surface area contributed by atoms with Crippen LogP contribution in [0.4, 0.5) is 0 Å². The third-order valence-electron chi connectivity index (χ3n) is 1.88. The molecule has 3 amide bonds. The molecule has 18 heavy (non-hydrogen) atoms. The molecule has 0 radical (unpaired) electrons. The monoisotopic (exact) mass is 256 g/mol. The number of rotatable bonds is 6. The summed E-state index contributed by atoms with van der Waals surface area (Å²) in [5.74, 6) is -2.33. The van der Waals surface area contributed by atoms with Gasteiger partial charge in [-0.1, -0.05) is 0 Å². The quantitative estimate of drug-likeness (QED) is 0.285. The largest absolute Gasteiger partial charge is 0.383 e. The van der Waals surface area contributed by atoms with E-state index in [0.717, 1.165) is 0 Å². The van der Waals surface area contributed by atoms with Gasteiger partial charge in [0.15, 0.2) is 0 Å². The molecule has 0 saturated carbocycles. The van der Waals surface area contributed by atoms with Crippen LogP contribution >= 0.6 is 0 Å². The fraction of sp³-hybridized carbons (Fsp3) is 0.600. The first-order valence-electron chi connectivity index (χ1n) is 5.25. The van der Waals surface area contributed by atoms with Crippen LogP contribution in [0.2, 0.25) is 0 Å². The van der Waals surface area contributed by atoms with Gasteiger partial charge in [0.1, 0.15) is 12.6 Å². The van der Waals surface area contributed by atoms with Crippen molar-refractivity contribution < 1.29 is 19.1 Å². The van der Waals surface area contributed by atoms with Crippen LogP contribution in [-0.4, -0.2) is 50.6 Å². The Morgan fingerprint density at radius 2 is 1.94 bits per heavy atom. The normalized spacial score (nSPS) is 10.9. The molecule has 0 saturated heterocycles. The second-order valence-corrected chi connectivity index (χ2v) is 3.32. The van der Waals surface area contributed by atoms with E-state index in [0.29, 0.717) is 13.2 Å². The fourth-order valence-electron chi connectivity index (χ4n) is 0.957. The van der Waals surface area contributed by atoms with Gasteiger partial charge in [0.2, 0.25) is 5.91 Å². The van der Waals surface area contributed by atoms with Gasteiger partial charge in [0.05, 0.1) is 12.7 Å². The van der Waals surface area contributed by atoms with Crippen LogP contribution in [-0.2, 0) is 19.1 Å². The van der Waals surface area contributed by atoms with E-state index in [1.165, 1.54) is 14.0 Å². The zero-order valence-electron chi connectivity index (χ0n) is 10.3. The smallest absolute Gasteiger partial charge is 0.310 e. The lowest BCUT2D eigenvalue weighted by molar-refractivity contribution is -0.140. The first kappa shape index (κ1) is 15.9. The van der Waals surface area contributed by atoms with Gasteiger partial charge in [0.25, 0.3) is 0 Å². The molecule has 0 aliphatic carbocycles. The Labute approximate surface area is 105 Å². The highest BCUT2D eigenvalue weighted by Crippen LogP contribution is 1.83. The van der Waals surface area contributed by atoms with E-state index in [1.807, 2.05) is 0 Å². The Balaban J connectivity index is 4.02. The molecule has 0 aromatic carbocycles. The van der Waals surface area contributed by atoms with Crippen molar-refractivity contribution in [1.29, 1.82) is 5.26 Å². The summed E-state index contributed by atoms with van der Waals surface area (Å²) in [7, 11) is 1.50. The Morgan fingerprint density at radius 1 is 1.28 bits per heavy atom. The summed E-state index contributed by atoms with van der Waals surface area (Å²) >= 11 is 0. The van der Waals surface area contributed by atoms with Crippen LogP contribution in [0.3, 0.4) is 0 Å². The summed E-state index contributed by atoms with van der Waals surface area (Å²) in [6, 6.07) is 0.814. The summed E-state index contributed by atoms with van der Waals surface area (Å²) in [5.41, 5.74) is 0. The van der Waals surface area contributed by atoms with Crippen LogP contribution in [0.15, 0.2) is 0 Å². The van der Waals surface area contributed by atoms with Gasteiger partial charge in [0, 0.05) is 13.7 Å². The summed E-state index contributed by atoms with van der Waals surface area (Å²) in [6.07, 6.45) is 0. The van der Waals surface area contributed by atoms with Crippen molar-refractivity contribution in [2.24, 2.45) is 0 Å². The number of hydrogen-bond acceptors (Lipinski definition) is 5. The average molecular weight is 256 g/mol. The van der Waals surface area contributed by atoms with Crippen molar-refractivity contribution >= 4 is 17.7 Å². The molecule has 0 aliphatic heterocycles. The van der Waals surface area contributed by atoms with Crippen molar-refractivity contribution in [1.82, 2.24) is 16.0 Å². The van der Waals surface area contributed by atoms with Crippen LogP contribution < -0.4 is 16.0 Å². The van der Waals surface area contributed by atoms with E-state index in [1.54, 1.807) is 6.07 Å². The van der Waals surface area contributed by atoms with E-state index < -0.39 is 23.8 Å². The van der Waals surface area contributed by atoms with Gasteiger partial charge in [-0.3, -0.25) is 14.4 Å². The van der Waals surface area contributed by atoms with Crippen molar-refractivity contribution in [3.05, 3.63) is 0 Å². The van der Waals surface area contributed by atoms with Crippen LogP contribution in [0, 0.1) is 11.3 Å². The molecule has 8 heteroatoms. The minimum atomic E-state index is -0.959. The van der Waals surface area contributed by atoms with E-state index in [-0.39, 0.29) is 6.54 Å². The van der Waals surface area contributed by atoms with Crippen molar-refractivity contribution in [2.45, 2.75) is 13.0 Å². The highest BCUT2D eigenvalue weighted by atomic mass is 16.5. The number of amides is 3. The van der Waals surface area contributed by atoms with Gasteiger partial charge in [-0.25, -0.2) is 0 Å². The predicted molar refractivity (Wildman–Crippen MR) is 61.1 cm³/mol. The van der Waals surface area contributed by atoms with Gasteiger partial charge < -0.3 is 20.7 Å². The molecule has 3 N–H and O–H groups in total. The molecule has 8 nitrogen and oxygen atoms in total. The number of hydrogen-bond donors (Lipinski definition) is 3. The first-order chi connectivity index (χ1) is 8.52. The second kappa shape index (κ2) is 8.95. The molecule has 0 rings (SSSR count). The number of methoxy groups -OCH3 is 1. The zero-order valence-corrected chi connectivity index (χ0v) is 10.3. The summed E-state index contributed by atoms with van der Waals surface area (Å²) < 4.78 is 4.74. The van der Waals surface area contributed by atoms with Crippen LogP contribution in [0.5, 0.6) is 0 Å². The number of carbonyl (C=O) groups excluding carboxylic acids is 3. The van der Waals surface area contributed by atoms with Crippen molar-refractivity contribution in [3.63, 3.8) is 0 Å². The Bertz CT molecular complexity index is 350. The lowest BCUT2D eigenvalue weighted by Crippen LogP contribution is -2.50. The second-order valence-electron chi connectivity index (χ2n) is 3.32. The lowest BCUT2D eigenvalue weighted by atomic mass is 10.3. The van der Waals surface area contributed by atoms with Crippen molar-refractivity contribution in [2.75, 3.05) is 26.8 Å².